The van der Waals surface area contributed by atoms with E-state index in [1.54, 1.807) is 44.2 Å². The van der Waals surface area contributed by atoms with Crippen molar-refractivity contribution >= 4 is 35.4 Å². The largest absolute Gasteiger partial charge is 0.406 e. The smallest absolute Gasteiger partial charge is 0.383 e. The van der Waals surface area contributed by atoms with Crippen LogP contribution in [-0.2, 0) is 51.3 Å². The highest BCUT2D eigenvalue weighted by Crippen LogP contribution is 2.45. The van der Waals surface area contributed by atoms with E-state index < -0.39 is 31.6 Å². The Morgan fingerprint density at radius 1 is 0.505 bits per heavy atom. The van der Waals surface area contributed by atoms with Gasteiger partial charge in [-0.2, -0.15) is 13.2 Å². The van der Waals surface area contributed by atoms with E-state index in [0.29, 0.717) is 116 Å². The van der Waals surface area contributed by atoms with Crippen LogP contribution in [0.3, 0.4) is 0 Å². The maximum absolute atomic E-state index is 12.6. The molecular formula is C86H151F5N10O8. The van der Waals surface area contributed by atoms with E-state index in [4.69, 9.17) is 9.47 Å². The van der Waals surface area contributed by atoms with Gasteiger partial charge >= 0.3 is 6.18 Å². The van der Waals surface area contributed by atoms with Gasteiger partial charge in [-0.05, 0) is 216 Å². The lowest BCUT2D eigenvalue weighted by Crippen LogP contribution is -2.45. The number of aryl methyl sites for hydroxylation is 1. The number of carbonyl (C=O) groups is 6. The molecule has 628 valence electrons. The summed E-state index contributed by atoms with van der Waals surface area (Å²) in [6, 6.07) is 0. The number of alkyl halides is 5. The van der Waals surface area contributed by atoms with Crippen LogP contribution in [-0.4, -0.2) is 204 Å². The summed E-state index contributed by atoms with van der Waals surface area (Å²) in [4.78, 5) is 90.3. The van der Waals surface area contributed by atoms with Gasteiger partial charge in [0.05, 0.1) is 31.9 Å². The molecule has 3 saturated heterocycles. The van der Waals surface area contributed by atoms with Gasteiger partial charge in [0.1, 0.15) is 13.1 Å². The van der Waals surface area contributed by atoms with Gasteiger partial charge in [-0.1, -0.05) is 96.9 Å². The van der Waals surface area contributed by atoms with E-state index in [1.807, 2.05) is 38.4 Å². The molecule has 0 spiro atoms. The molecule has 7 atom stereocenters. The molecule has 0 N–H and O–H groups in total. The maximum Gasteiger partial charge on any atom is 0.406 e. The fraction of sp³-hybridized carbons (Fsp3) is 0.860. The third-order valence-electron chi connectivity index (χ3n) is 25.1. The number of likely N-dealkylation sites (tertiary alicyclic amines) is 3. The molecule has 0 aromatic carbocycles. The molecule has 7 aliphatic rings. The summed E-state index contributed by atoms with van der Waals surface area (Å²) >= 11 is 0. The average molecular weight is 1550 g/mol. The SMILES string of the molecule is CC(C)C1CCC(CC(=O)N(C)CC(F)F)CC1.CC(C)[C@@H]1CCCN(C(=O)CCn2ccnc2)C1.CC(C)[C@@H]1CCCN(C(=O)Cn2ccnc2)C1.CN(CC(F)(F)F)C(=O)CC1CCC(C(C)(C)C)C1.COC1CCC(C(=O)N2CCCC(C(C)C)C2)CC1.COCCN(C)C(=O)CC1CCC(C(C)(C)C)C1. The molecule has 6 amide bonds. The summed E-state index contributed by atoms with van der Waals surface area (Å²) in [5.41, 5.74) is 0.607. The maximum atomic E-state index is 12.6. The number of carbonyl (C=O) groups excluding carboxylic acids is 6. The molecule has 0 radical (unpaired) electrons. The van der Waals surface area contributed by atoms with Crippen molar-refractivity contribution in [2.75, 3.05) is 101 Å². The van der Waals surface area contributed by atoms with Crippen LogP contribution in [0.2, 0.25) is 0 Å². The van der Waals surface area contributed by atoms with Gasteiger partial charge in [0.25, 0.3) is 6.43 Å². The van der Waals surface area contributed by atoms with Crippen LogP contribution in [0.5, 0.6) is 0 Å². The Kier molecular flexibility index (Phi) is 42.5. The van der Waals surface area contributed by atoms with Gasteiger partial charge in [0.2, 0.25) is 35.4 Å². The topological polar surface area (TPSA) is 176 Å². The summed E-state index contributed by atoms with van der Waals surface area (Å²) in [5.74, 6) is 9.06. The van der Waals surface area contributed by atoms with Gasteiger partial charge in [0, 0.05) is 144 Å². The van der Waals surface area contributed by atoms with Crippen LogP contribution in [0.4, 0.5) is 22.0 Å². The first-order valence-corrected chi connectivity index (χ1v) is 42.0. The molecule has 23 heteroatoms. The molecule has 2 aromatic heterocycles. The Labute approximate surface area is 656 Å². The number of amides is 6. The van der Waals surface area contributed by atoms with Crippen LogP contribution >= 0.6 is 0 Å². The lowest BCUT2D eigenvalue weighted by Gasteiger charge is -2.38. The minimum absolute atomic E-state index is 0.136. The van der Waals surface area contributed by atoms with Gasteiger partial charge in [0.15, 0.2) is 0 Å². The van der Waals surface area contributed by atoms with Gasteiger partial charge in [-0.3, -0.25) is 28.8 Å². The summed E-state index contributed by atoms with van der Waals surface area (Å²) in [6.07, 6.45) is 28.9. The molecule has 9 rings (SSSR count). The standard InChI is InChI=1S/C16H29NO2.C15H29NO2.C14H24F3NO.C14H25F2NO.C14H23N3O.C13H21N3O/c1-12(2)14-5-4-10-17(11-14)16(18)13-6-8-15(19-3)9-7-13;1-15(2,3)13-7-6-12(10-13)11-14(17)16(4)8-9-18-5;1-13(2,3)11-6-5-10(7-11)8-12(19)18(4)9-14(15,16)17;1-10(2)12-6-4-11(5-7-12)8-14(18)17(3)9-13(15)16;1-12(2)13-4-3-7-17(10-13)14(18)5-8-16-9-6-15-11-16;1-11(2)12-4-3-6-16(8-12)13(17)9-15-7-5-14-10-15/h12-15H,4-11H2,1-3H3;12-13H,6-11H2,1-5H3;10-11H,5-9H2,1-4H3;10-13H,4-9H2,1-3H3;6,9,11-13H,3-5,7-8,10H2,1-2H3;5,7,10-12H,3-4,6,8-9H2,1-2H3/t;;;;13-;12-/m....11/s1. The zero-order valence-corrected chi connectivity index (χ0v) is 71.3. The highest BCUT2D eigenvalue weighted by atomic mass is 19.4. The quantitative estimate of drug-likeness (QED) is 0.0973. The van der Waals surface area contributed by atoms with Gasteiger partial charge < -0.3 is 48.0 Å². The Balaban J connectivity index is 0.000000276. The fourth-order valence-corrected chi connectivity index (χ4v) is 16.9. The minimum Gasteiger partial charge on any atom is -0.383 e. The number of likely N-dealkylation sites (N-methyl/N-ethyl adjacent to an activating group) is 1. The number of hydrogen-bond acceptors (Lipinski definition) is 10. The van der Waals surface area contributed by atoms with E-state index >= 15 is 0 Å². The van der Waals surface area contributed by atoms with E-state index in [9.17, 15) is 50.7 Å². The summed E-state index contributed by atoms with van der Waals surface area (Å²) in [6.45, 7) is 38.1. The summed E-state index contributed by atoms with van der Waals surface area (Å²) < 4.78 is 75.1. The number of halogens is 5. The van der Waals surface area contributed by atoms with Gasteiger partial charge in [-0.15, -0.1) is 0 Å². The molecule has 18 nitrogen and oxygen atoms in total. The minimum atomic E-state index is -4.31. The van der Waals surface area contributed by atoms with Crippen LogP contribution in [0, 0.1) is 93.7 Å². The number of ether oxygens (including phenoxy) is 2. The number of aromatic nitrogens is 4. The second kappa shape index (κ2) is 48.1. The zero-order chi connectivity index (χ0) is 81.3. The van der Waals surface area contributed by atoms with Crippen molar-refractivity contribution < 1.29 is 60.2 Å². The highest BCUT2D eigenvalue weighted by Gasteiger charge is 2.39. The number of methoxy groups -OCH3 is 2. The van der Waals surface area contributed by atoms with E-state index in [2.05, 4.69) is 112 Å². The summed E-state index contributed by atoms with van der Waals surface area (Å²) in [5, 5.41) is 0. The molecule has 3 aliphatic heterocycles. The second-order valence-electron chi connectivity index (χ2n) is 36.9. The van der Waals surface area contributed by atoms with Crippen LogP contribution in [0.15, 0.2) is 37.4 Å². The van der Waals surface area contributed by atoms with Crippen molar-refractivity contribution in [3.8, 4) is 0 Å². The predicted molar refractivity (Wildman–Crippen MR) is 426 cm³/mol. The van der Waals surface area contributed by atoms with Crippen molar-refractivity contribution in [3.63, 3.8) is 0 Å². The zero-order valence-electron chi connectivity index (χ0n) is 71.3. The third kappa shape index (κ3) is 36.7. The highest BCUT2D eigenvalue weighted by molar-refractivity contribution is 5.79. The van der Waals surface area contributed by atoms with Crippen molar-refractivity contribution in [3.05, 3.63) is 37.4 Å². The van der Waals surface area contributed by atoms with E-state index in [0.717, 1.165) is 133 Å². The van der Waals surface area contributed by atoms with Crippen molar-refractivity contribution in [1.29, 1.82) is 0 Å². The number of rotatable bonds is 23. The first kappa shape index (κ1) is 96.2. The van der Waals surface area contributed by atoms with E-state index in [1.165, 1.54) is 76.8 Å². The monoisotopic (exact) mass is 1550 g/mol. The van der Waals surface area contributed by atoms with E-state index in [-0.39, 0.29) is 47.3 Å². The van der Waals surface area contributed by atoms with Crippen molar-refractivity contribution in [1.82, 2.24) is 48.5 Å². The third-order valence-corrected chi connectivity index (χ3v) is 25.1. The van der Waals surface area contributed by atoms with Crippen molar-refractivity contribution in [2.24, 2.45) is 93.7 Å². The van der Waals surface area contributed by atoms with Crippen LogP contribution < -0.4 is 0 Å². The van der Waals surface area contributed by atoms with Crippen molar-refractivity contribution in [2.45, 2.75) is 283 Å². The molecule has 5 unspecified atom stereocenters. The molecule has 2 aromatic rings. The van der Waals surface area contributed by atoms with Crippen LogP contribution in [0.1, 0.15) is 251 Å². The first-order valence-electron chi connectivity index (χ1n) is 42.0. The molecular weight excluding hydrogens is 1400 g/mol. The molecule has 0 bridgehead atoms. The number of hydrogen-bond donors (Lipinski definition) is 0. The lowest BCUT2D eigenvalue weighted by molar-refractivity contribution is -0.158. The molecule has 5 heterocycles. The Morgan fingerprint density at radius 3 is 1.34 bits per heavy atom. The molecule has 4 aliphatic carbocycles. The van der Waals surface area contributed by atoms with Crippen LogP contribution in [0.25, 0.3) is 0 Å². The Morgan fingerprint density at radius 2 is 0.927 bits per heavy atom. The average Bonchev–Trinajstić information content (AvgIpc) is 1.69. The molecule has 4 saturated carbocycles. The number of piperidine rings is 3. The number of imidazole rings is 2. The Hall–Kier alpha value is -5.19. The lowest BCUT2D eigenvalue weighted by atomic mass is 9.76. The normalized spacial score (nSPS) is 24.7. The fourth-order valence-electron chi connectivity index (χ4n) is 16.9. The first-order chi connectivity index (χ1) is 51.2. The summed E-state index contributed by atoms with van der Waals surface area (Å²) in [7, 11) is 8.02. The second-order valence-corrected chi connectivity index (χ2v) is 36.9. The predicted octanol–water partition coefficient (Wildman–Crippen LogP) is 17.4. The molecule has 7 fully saturated rings. The number of nitrogens with zero attached hydrogens (tertiary/aromatic N) is 10. The Bertz CT molecular complexity index is 2870. The van der Waals surface area contributed by atoms with Gasteiger partial charge in [-0.25, -0.2) is 18.7 Å². The molecule has 109 heavy (non-hydrogen) atoms.